The standard InChI is InChI=1S/C18H23FN4O/c1-21(2)12-16-8-10-23-17(7-9-20-23)13-22(16)18(24)11-14-3-5-15(19)6-4-14/h3-7,9,16H,8,10-13H2,1-2H3. The highest BCUT2D eigenvalue weighted by molar-refractivity contribution is 5.79. The van der Waals surface area contributed by atoms with E-state index in [1.165, 1.54) is 12.1 Å². The van der Waals surface area contributed by atoms with Crippen molar-refractivity contribution in [2.45, 2.75) is 32.0 Å². The van der Waals surface area contributed by atoms with Crippen molar-refractivity contribution in [2.24, 2.45) is 0 Å². The largest absolute Gasteiger partial charge is 0.332 e. The fourth-order valence-corrected chi connectivity index (χ4v) is 3.21. The van der Waals surface area contributed by atoms with Crippen LogP contribution in [0.3, 0.4) is 0 Å². The first kappa shape index (κ1) is 16.6. The van der Waals surface area contributed by atoms with E-state index in [2.05, 4.69) is 10.00 Å². The summed E-state index contributed by atoms with van der Waals surface area (Å²) < 4.78 is 15.0. The second-order valence-electron chi connectivity index (χ2n) is 6.58. The Balaban J connectivity index is 1.79. The number of aromatic nitrogens is 2. The first-order valence-electron chi connectivity index (χ1n) is 8.22. The Kier molecular flexibility index (Phi) is 4.94. The lowest BCUT2D eigenvalue weighted by molar-refractivity contribution is -0.133. The monoisotopic (exact) mass is 330 g/mol. The van der Waals surface area contributed by atoms with Crippen molar-refractivity contribution in [1.29, 1.82) is 0 Å². The molecule has 0 N–H and O–H groups in total. The summed E-state index contributed by atoms with van der Waals surface area (Å²) in [5.41, 5.74) is 1.89. The van der Waals surface area contributed by atoms with Crippen LogP contribution in [0, 0.1) is 5.82 Å². The minimum Gasteiger partial charge on any atom is -0.332 e. The lowest BCUT2D eigenvalue weighted by Crippen LogP contribution is -2.45. The van der Waals surface area contributed by atoms with Gasteiger partial charge in [0.05, 0.1) is 18.7 Å². The van der Waals surface area contributed by atoms with Crippen LogP contribution in [0.2, 0.25) is 0 Å². The van der Waals surface area contributed by atoms with Gasteiger partial charge in [-0.1, -0.05) is 12.1 Å². The maximum absolute atomic E-state index is 13.1. The molecule has 0 saturated heterocycles. The molecule has 3 rings (SSSR count). The van der Waals surface area contributed by atoms with E-state index < -0.39 is 0 Å². The van der Waals surface area contributed by atoms with Gasteiger partial charge in [0, 0.05) is 25.3 Å². The number of carbonyl (C=O) groups is 1. The zero-order valence-electron chi connectivity index (χ0n) is 14.2. The zero-order valence-corrected chi connectivity index (χ0v) is 14.2. The Morgan fingerprint density at radius 3 is 2.75 bits per heavy atom. The maximum Gasteiger partial charge on any atom is 0.227 e. The van der Waals surface area contributed by atoms with Crippen molar-refractivity contribution >= 4 is 5.91 Å². The number of halogens is 1. The first-order valence-corrected chi connectivity index (χ1v) is 8.22. The molecule has 2 aromatic rings. The molecular weight excluding hydrogens is 307 g/mol. The highest BCUT2D eigenvalue weighted by Gasteiger charge is 2.28. The molecule has 128 valence electrons. The zero-order chi connectivity index (χ0) is 17.1. The molecule has 0 aliphatic carbocycles. The molecule has 0 saturated carbocycles. The smallest absolute Gasteiger partial charge is 0.227 e. The minimum atomic E-state index is -0.282. The number of fused-ring (bicyclic) bond motifs is 1. The van der Waals surface area contributed by atoms with Crippen LogP contribution in [0.5, 0.6) is 0 Å². The Morgan fingerprint density at radius 1 is 1.29 bits per heavy atom. The lowest BCUT2D eigenvalue weighted by atomic mass is 10.1. The second-order valence-corrected chi connectivity index (χ2v) is 6.58. The molecule has 1 amide bonds. The Bertz CT molecular complexity index is 695. The van der Waals surface area contributed by atoms with Gasteiger partial charge in [0.1, 0.15) is 5.82 Å². The average Bonchev–Trinajstić information content (AvgIpc) is 2.91. The van der Waals surface area contributed by atoms with Gasteiger partial charge in [0.2, 0.25) is 5.91 Å². The van der Waals surface area contributed by atoms with Crippen molar-refractivity contribution < 1.29 is 9.18 Å². The molecule has 1 aliphatic rings. The van der Waals surface area contributed by atoms with Crippen LogP contribution in [0.25, 0.3) is 0 Å². The van der Waals surface area contributed by atoms with Gasteiger partial charge in [-0.15, -0.1) is 0 Å². The quantitative estimate of drug-likeness (QED) is 0.860. The lowest BCUT2D eigenvalue weighted by Gasteiger charge is -2.32. The van der Waals surface area contributed by atoms with E-state index in [0.717, 1.165) is 30.8 Å². The van der Waals surface area contributed by atoms with Crippen LogP contribution in [0.4, 0.5) is 4.39 Å². The maximum atomic E-state index is 13.1. The number of rotatable bonds is 4. The molecular formula is C18H23FN4O. The Labute approximate surface area is 141 Å². The van der Waals surface area contributed by atoms with Gasteiger partial charge in [-0.25, -0.2) is 4.39 Å². The summed E-state index contributed by atoms with van der Waals surface area (Å²) in [6.45, 7) is 2.21. The van der Waals surface area contributed by atoms with Gasteiger partial charge in [-0.05, 0) is 44.3 Å². The van der Waals surface area contributed by atoms with Gasteiger partial charge in [-0.2, -0.15) is 5.10 Å². The van der Waals surface area contributed by atoms with Gasteiger partial charge in [0.25, 0.3) is 0 Å². The van der Waals surface area contributed by atoms with Crippen molar-refractivity contribution in [1.82, 2.24) is 19.6 Å². The molecule has 24 heavy (non-hydrogen) atoms. The predicted molar refractivity (Wildman–Crippen MR) is 89.8 cm³/mol. The topological polar surface area (TPSA) is 41.4 Å². The highest BCUT2D eigenvalue weighted by atomic mass is 19.1. The third-order valence-corrected chi connectivity index (χ3v) is 4.42. The molecule has 0 spiro atoms. The Hall–Kier alpha value is -2.21. The summed E-state index contributed by atoms with van der Waals surface area (Å²) >= 11 is 0. The van der Waals surface area contributed by atoms with Crippen molar-refractivity contribution in [3.8, 4) is 0 Å². The summed E-state index contributed by atoms with van der Waals surface area (Å²) in [5.74, 6) is -0.210. The van der Waals surface area contributed by atoms with Gasteiger partial charge in [-0.3, -0.25) is 9.48 Å². The first-order chi connectivity index (χ1) is 11.5. The van der Waals surface area contributed by atoms with E-state index in [0.29, 0.717) is 13.0 Å². The SMILES string of the molecule is CN(C)CC1CCn2nccc2CN1C(=O)Cc1ccc(F)cc1. The molecule has 1 aliphatic heterocycles. The fourth-order valence-electron chi connectivity index (χ4n) is 3.21. The normalized spacial score (nSPS) is 17.7. The third kappa shape index (κ3) is 3.82. The van der Waals surface area contributed by atoms with Crippen molar-refractivity contribution in [2.75, 3.05) is 20.6 Å². The summed E-state index contributed by atoms with van der Waals surface area (Å²) in [7, 11) is 4.04. The van der Waals surface area contributed by atoms with Gasteiger partial charge >= 0.3 is 0 Å². The molecule has 2 heterocycles. The van der Waals surface area contributed by atoms with Crippen molar-refractivity contribution in [3.05, 3.63) is 53.6 Å². The van der Waals surface area contributed by atoms with E-state index >= 15 is 0 Å². The van der Waals surface area contributed by atoms with Crippen LogP contribution in [-0.2, 0) is 24.3 Å². The van der Waals surface area contributed by atoms with E-state index in [9.17, 15) is 9.18 Å². The third-order valence-electron chi connectivity index (χ3n) is 4.42. The predicted octanol–water partition coefficient (Wildman–Crippen LogP) is 1.93. The van der Waals surface area contributed by atoms with Gasteiger partial charge < -0.3 is 9.80 Å². The Morgan fingerprint density at radius 2 is 2.04 bits per heavy atom. The molecule has 1 aromatic carbocycles. The molecule has 0 fully saturated rings. The summed E-state index contributed by atoms with van der Waals surface area (Å²) in [6.07, 6.45) is 2.95. The van der Waals surface area contributed by atoms with E-state index in [1.807, 2.05) is 29.7 Å². The number of carbonyl (C=O) groups excluding carboxylic acids is 1. The van der Waals surface area contributed by atoms with Crippen LogP contribution >= 0.6 is 0 Å². The molecule has 1 aromatic heterocycles. The van der Waals surface area contributed by atoms with Crippen LogP contribution in [0.15, 0.2) is 36.5 Å². The molecule has 0 radical (unpaired) electrons. The molecule has 6 heteroatoms. The molecule has 1 unspecified atom stereocenters. The second kappa shape index (κ2) is 7.13. The average molecular weight is 330 g/mol. The molecule has 1 atom stereocenters. The number of likely N-dealkylation sites (N-methyl/N-ethyl adjacent to an activating group) is 1. The summed E-state index contributed by atoms with van der Waals surface area (Å²) in [4.78, 5) is 17.0. The van der Waals surface area contributed by atoms with Crippen LogP contribution < -0.4 is 0 Å². The van der Waals surface area contributed by atoms with E-state index in [4.69, 9.17) is 0 Å². The molecule has 5 nitrogen and oxygen atoms in total. The number of aryl methyl sites for hydroxylation is 1. The number of hydrogen-bond donors (Lipinski definition) is 0. The highest BCUT2D eigenvalue weighted by Crippen LogP contribution is 2.19. The summed E-state index contributed by atoms with van der Waals surface area (Å²) in [5, 5.41) is 4.34. The number of benzene rings is 1. The molecule has 0 bridgehead atoms. The minimum absolute atomic E-state index is 0.0723. The van der Waals surface area contributed by atoms with Crippen molar-refractivity contribution in [3.63, 3.8) is 0 Å². The fraction of sp³-hybridized carbons (Fsp3) is 0.444. The van der Waals surface area contributed by atoms with Gasteiger partial charge in [0.15, 0.2) is 0 Å². The van der Waals surface area contributed by atoms with Crippen LogP contribution in [0.1, 0.15) is 17.7 Å². The number of hydrogen-bond acceptors (Lipinski definition) is 3. The number of nitrogens with zero attached hydrogens (tertiary/aromatic N) is 4. The van der Waals surface area contributed by atoms with E-state index in [1.54, 1.807) is 18.3 Å². The van der Waals surface area contributed by atoms with Crippen LogP contribution in [-0.4, -0.2) is 52.2 Å². The summed E-state index contributed by atoms with van der Waals surface area (Å²) in [6, 6.07) is 8.27. The number of amides is 1. The van der Waals surface area contributed by atoms with E-state index in [-0.39, 0.29) is 17.8 Å².